The summed E-state index contributed by atoms with van der Waals surface area (Å²) in [7, 11) is 1.58. The van der Waals surface area contributed by atoms with E-state index in [0.717, 1.165) is 4.47 Å². The molecule has 4 rings (SSSR count). The first-order chi connectivity index (χ1) is 15.9. The molecule has 0 fully saturated rings. The molecule has 6 nitrogen and oxygen atoms in total. The zero-order chi connectivity index (χ0) is 23.5. The van der Waals surface area contributed by atoms with Gasteiger partial charge < -0.3 is 19.7 Å². The normalized spacial score (nSPS) is 11.3. The van der Waals surface area contributed by atoms with Crippen LogP contribution in [0.3, 0.4) is 0 Å². The van der Waals surface area contributed by atoms with Crippen molar-refractivity contribution < 1.29 is 14.2 Å². The average molecular weight is 548 g/mol. The molecular formula is C23H17BrClFN4O2S. The highest BCUT2D eigenvalue weighted by molar-refractivity contribution is 9.10. The van der Waals surface area contributed by atoms with Gasteiger partial charge in [-0.1, -0.05) is 39.7 Å². The molecule has 3 aromatic carbocycles. The van der Waals surface area contributed by atoms with Gasteiger partial charge in [0.1, 0.15) is 11.6 Å². The number of hydrogen-bond donors (Lipinski definition) is 2. The van der Waals surface area contributed by atoms with Gasteiger partial charge in [0.2, 0.25) is 11.0 Å². The van der Waals surface area contributed by atoms with Crippen molar-refractivity contribution in [3.63, 3.8) is 0 Å². The monoisotopic (exact) mass is 546 g/mol. The molecule has 2 N–H and O–H groups in total. The summed E-state index contributed by atoms with van der Waals surface area (Å²) in [6.07, 6.45) is 0. The fraction of sp³-hybridized carbons (Fsp3) is 0.0870. The Kier molecular flexibility index (Phi) is 6.92. The zero-order valence-corrected chi connectivity index (χ0v) is 20.4. The Hall–Kier alpha value is -3.01. The van der Waals surface area contributed by atoms with E-state index in [2.05, 4.69) is 31.5 Å². The number of anilines is 1. The summed E-state index contributed by atoms with van der Waals surface area (Å²) in [6.45, 7) is 0.213. The highest BCUT2D eigenvalue weighted by Crippen LogP contribution is 2.41. The predicted molar refractivity (Wildman–Crippen MR) is 136 cm³/mol. The molecule has 0 radical (unpaired) electrons. The molecule has 0 atom stereocenters. The smallest absolute Gasteiger partial charge is 0.221 e. The van der Waals surface area contributed by atoms with Crippen molar-refractivity contribution in [2.24, 2.45) is 10.2 Å². The van der Waals surface area contributed by atoms with Crippen molar-refractivity contribution in [2.45, 2.75) is 6.54 Å². The van der Waals surface area contributed by atoms with Crippen LogP contribution in [0.4, 0.5) is 15.8 Å². The van der Waals surface area contributed by atoms with Crippen molar-refractivity contribution in [2.75, 3.05) is 12.4 Å². The van der Waals surface area contributed by atoms with Crippen LogP contribution in [-0.2, 0) is 6.54 Å². The van der Waals surface area contributed by atoms with Crippen LogP contribution in [0.5, 0.6) is 11.6 Å². The lowest BCUT2D eigenvalue weighted by molar-refractivity contribution is 0.415. The number of rotatable bonds is 5. The van der Waals surface area contributed by atoms with Crippen molar-refractivity contribution >= 4 is 67.1 Å². The van der Waals surface area contributed by atoms with Gasteiger partial charge >= 0.3 is 0 Å². The topological polar surface area (TPSA) is 71.1 Å². The number of fused-ring (bicyclic) bond motifs is 1. The SMILES string of the molecule is COc1cccc(NC(=S)N=Nc2c(O)n(Cc3ccc(F)cc3Cl)c3ccc(Br)cc23)c1. The minimum Gasteiger partial charge on any atom is -0.497 e. The summed E-state index contributed by atoms with van der Waals surface area (Å²) in [6, 6.07) is 16.9. The predicted octanol–water partition coefficient (Wildman–Crippen LogP) is 7.44. The van der Waals surface area contributed by atoms with Crippen LogP contribution >= 0.6 is 39.7 Å². The van der Waals surface area contributed by atoms with Crippen LogP contribution in [0.15, 0.2) is 75.4 Å². The maximum atomic E-state index is 13.4. The molecule has 0 saturated heterocycles. The Morgan fingerprint density at radius 2 is 2.03 bits per heavy atom. The molecule has 0 aliphatic rings. The summed E-state index contributed by atoms with van der Waals surface area (Å²) in [5, 5.41) is 23.3. The van der Waals surface area contributed by atoms with Gasteiger partial charge in [-0.3, -0.25) is 0 Å². The van der Waals surface area contributed by atoms with E-state index in [1.165, 1.54) is 12.1 Å². The van der Waals surface area contributed by atoms with Gasteiger partial charge in [-0.05, 0) is 60.2 Å². The Labute approximate surface area is 207 Å². The number of thiocarbonyl (C=S) groups is 1. The average Bonchev–Trinajstić information content (AvgIpc) is 3.04. The van der Waals surface area contributed by atoms with Crippen LogP contribution in [-0.4, -0.2) is 21.9 Å². The Balaban J connectivity index is 1.67. The molecule has 33 heavy (non-hydrogen) atoms. The number of nitrogens with one attached hydrogen (secondary N) is 1. The second kappa shape index (κ2) is 9.86. The molecule has 1 aromatic heterocycles. The van der Waals surface area contributed by atoms with Crippen molar-refractivity contribution in [1.29, 1.82) is 0 Å². The molecule has 0 aliphatic carbocycles. The zero-order valence-electron chi connectivity index (χ0n) is 17.2. The number of benzene rings is 3. The van der Waals surface area contributed by atoms with Gasteiger partial charge in [-0.2, -0.15) is 0 Å². The number of aromatic nitrogens is 1. The Bertz CT molecular complexity index is 1390. The van der Waals surface area contributed by atoms with Crippen LogP contribution in [0.1, 0.15) is 5.56 Å². The lowest BCUT2D eigenvalue weighted by Gasteiger charge is -2.09. The summed E-state index contributed by atoms with van der Waals surface area (Å²) in [4.78, 5) is 0. The first kappa shape index (κ1) is 23.2. The van der Waals surface area contributed by atoms with Crippen LogP contribution in [0.2, 0.25) is 5.02 Å². The highest BCUT2D eigenvalue weighted by atomic mass is 79.9. The lowest BCUT2D eigenvalue weighted by Crippen LogP contribution is -2.04. The molecule has 0 amide bonds. The molecule has 1 heterocycles. The van der Waals surface area contributed by atoms with Gasteiger partial charge in [0.15, 0.2) is 5.69 Å². The Morgan fingerprint density at radius 1 is 1.21 bits per heavy atom. The van der Waals surface area contributed by atoms with Gasteiger partial charge in [0.05, 0.1) is 19.2 Å². The van der Waals surface area contributed by atoms with E-state index in [-0.39, 0.29) is 28.2 Å². The quantitative estimate of drug-likeness (QED) is 0.201. The van der Waals surface area contributed by atoms with E-state index in [4.69, 9.17) is 28.6 Å². The van der Waals surface area contributed by atoms with Crippen LogP contribution < -0.4 is 10.1 Å². The summed E-state index contributed by atoms with van der Waals surface area (Å²) in [5.74, 6) is 0.127. The highest BCUT2D eigenvalue weighted by Gasteiger charge is 2.18. The van der Waals surface area contributed by atoms with E-state index in [1.807, 2.05) is 36.4 Å². The molecule has 0 saturated carbocycles. The van der Waals surface area contributed by atoms with E-state index >= 15 is 0 Å². The minimum atomic E-state index is -0.430. The minimum absolute atomic E-state index is 0.111. The summed E-state index contributed by atoms with van der Waals surface area (Å²) >= 11 is 14.9. The fourth-order valence-electron chi connectivity index (χ4n) is 3.32. The number of nitrogens with zero attached hydrogens (tertiary/aromatic N) is 3. The standard InChI is InChI=1S/C23H17BrClFN4O2S/c1-32-17-4-2-3-16(11-17)27-23(33)29-28-21-18-9-14(24)6-8-20(18)30(22(21)31)12-13-5-7-15(26)10-19(13)25/h2-11,31H,12H2,1H3,(H,27,33). The second-order valence-electron chi connectivity index (χ2n) is 7.02. The third-order valence-corrected chi connectivity index (χ3v) is 5.91. The Morgan fingerprint density at radius 3 is 2.79 bits per heavy atom. The lowest BCUT2D eigenvalue weighted by atomic mass is 10.2. The van der Waals surface area contributed by atoms with Gasteiger partial charge in [-0.25, -0.2) is 4.39 Å². The number of azo groups is 1. The molecular weight excluding hydrogens is 531 g/mol. The number of halogens is 3. The number of ether oxygens (including phenoxy) is 1. The first-order valence-corrected chi connectivity index (χ1v) is 11.2. The molecule has 4 aromatic rings. The van der Waals surface area contributed by atoms with Crippen molar-refractivity contribution in [3.8, 4) is 11.6 Å². The van der Waals surface area contributed by atoms with Gasteiger partial charge in [-0.15, -0.1) is 10.2 Å². The maximum absolute atomic E-state index is 13.4. The summed E-state index contributed by atoms with van der Waals surface area (Å²) < 4.78 is 21.1. The third kappa shape index (κ3) is 5.16. The third-order valence-electron chi connectivity index (χ3n) is 4.88. The van der Waals surface area contributed by atoms with Crippen molar-refractivity contribution in [3.05, 3.63) is 81.5 Å². The van der Waals surface area contributed by atoms with E-state index < -0.39 is 5.82 Å². The fourth-order valence-corrected chi connectivity index (χ4v) is 4.07. The largest absolute Gasteiger partial charge is 0.497 e. The van der Waals surface area contributed by atoms with Crippen molar-refractivity contribution in [1.82, 2.24) is 4.57 Å². The summed E-state index contributed by atoms with van der Waals surface area (Å²) in [5.41, 5.74) is 2.29. The van der Waals surface area contributed by atoms with Gasteiger partial charge in [0.25, 0.3) is 0 Å². The van der Waals surface area contributed by atoms with Gasteiger partial charge in [0, 0.05) is 26.6 Å². The molecule has 168 valence electrons. The first-order valence-electron chi connectivity index (χ1n) is 9.67. The van der Waals surface area contributed by atoms with E-state index in [0.29, 0.717) is 27.9 Å². The number of hydrogen-bond acceptors (Lipinski definition) is 4. The van der Waals surface area contributed by atoms with E-state index in [1.54, 1.807) is 23.8 Å². The molecule has 0 bridgehead atoms. The van der Waals surface area contributed by atoms with Crippen LogP contribution in [0.25, 0.3) is 10.9 Å². The second-order valence-corrected chi connectivity index (χ2v) is 8.73. The van der Waals surface area contributed by atoms with E-state index in [9.17, 15) is 9.50 Å². The number of methoxy groups -OCH3 is 1. The molecule has 0 spiro atoms. The molecule has 10 heteroatoms. The molecule has 0 aliphatic heterocycles. The molecule has 0 unspecified atom stereocenters. The van der Waals surface area contributed by atoms with Crippen LogP contribution in [0, 0.1) is 5.82 Å². The number of aromatic hydroxyl groups is 1. The maximum Gasteiger partial charge on any atom is 0.221 e.